The molecule has 0 radical (unpaired) electrons. The number of nitrogens with two attached hydrogens (primary N) is 1. The van der Waals surface area contributed by atoms with Crippen molar-refractivity contribution >= 4 is 46.2 Å². The Morgan fingerprint density at radius 2 is 1.76 bits per heavy atom. The monoisotopic (exact) mass is 325 g/mol. The van der Waals surface area contributed by atoms with Gasteiger partial charge < -0.3 is 11.1 Å². The molecule has 2 aromatic rings. The zero-order chi connectivity index (χ0) is 15.6. The number of carbonyl (C=O) groups is 1. The Kier molecular flexibility index (Phi) is 4.30. The number of nitrogens with one attached hydrogen (secondary N) is 1. The maximum atomic E-state index is 12.1. The minimum Gasteiger partial charge on any atom is -0.398 e. The minimum absolute atomic E-state index is 0.000276. The summed E-state index contributed by atoms with van der Waals surface area (Å²) in [5, 5.41) is 14.0. The Balaban J connectivity index is 2.31. The molecule has 0 spiro atoms. The first-order valence-corrected chi connectivity index (χ1v) is 6.44. The first-order valence-electron chi connectivity index (χ1n) is 5.68. The lowest BCUT2D eigenvalue weighted by Crippen LogP contribution is -2.14. The smallest absolute Gasteiger partial charge is 0.270 e. The lowest BCUT2D eigenvalue weighted by molar-refractivity contribution is -0.384. The van der Waals surface area contributed by atoms with Crippen molar-refractivity contribution in [1.29, 1.82) is 0 Å². The molecule has 1 amide bonds. The number of amides is 1. The lowest BCUT2D eigenvalue weighted by atomic mass is 10.1. The van der Waals surface area contributed by atoms with Crippen LogP contribution in [0.2, 0.25) is 10.0 Å². The normalized spacial score (nSPS) is 10.2. The van der Waals surface area contributed by atoms with Crippen LogP contribution >= 0.6 is 23.2 Å². The summed E-state index contributed by atoms with van der Waals surface area (Å²) < 4.78 is 0. The van der Waals surface area contributed by atoms with Gasteiger partial charge in [-0.15, -0.1) is 0 Å². The number of hydrogen-bond donors (Lipinski definition) is 2. The van der Waals surface area contributed by atoms with Crippen molar-refractivity contribution in [2.75, 3.05) is 11.1 Å². The maximum Gasteiger partial charge on any atom is 0.270 e. The van der Waals surface area contributed by atoms with Gasteiger partial charge in [0.25, 0.3) is 11.6 Å². The van der Waals surface area contributed by atoms with E-state index in [0.29, 0.717) is 15.7 Å². The molecule has 0 saturated carbocycles. The van der Waals surface area contributed by atoms with E-state index in [1.165, 1.54) is 30.3 Å². The molecule has 0 aliphatic carbocycles. The average molecular weight is 326 g/mol. The van der Waals surface area contributed by atoms with Gasteiger partial charge in [-0.1, -0.05) is 23.2 Å². The molecule has 21 heavy (non-hydrogen) atoms. The topological polar surface area (TPSA) is 98.3 Å². The van der Waals surface area contributed by atoms with Gasteiger partial charge in [0, 0.05) is 33.6 Å². The maximum absolute atomic E-state index is 12.1. The van der Waals surface area contributed by atoms with Crippen LogP contribution in [0.5, 0.6) is 0 Å². The molecule has 0 saturated heterocycles. The van der Waals surface area contributed by atoms with Crippen LogP contribution in [0.4, 0.5) is 17.1 Å². The van der Waals surface area contributed by atoms with Gasteiger partial charge in [-0.3, -0.25) is 14.9 Å². The van der Waals surface area contributed by atoms with Gasteiger partial charge in [0.1, 0.15) is 0 Å². The molecule has 6 nitrogen and oxygen atoms in total. The van der Waals surface area contributed by atoms with Crippen molar-refractivity contribution in [3.8, 4) is 0 Å². The molecule has 0 atom stereocenters. The van der Waals surface area contributed by atoms with E-state index < -0.39 is 10.8 Å². The molecule has 3 N–H and O–H groups in total. The molecule has 0 fully saturated rings. The van der Waals surface area contributed by atoms with E-state index in [9.17, 15) is 14.9 Å². The van der Waals surface area contributed by atoms with Crippen molar-refractivity contribution in [2.24, 2.45) is 0 Å². The average Bonchev–Trinajstić information content (AvgIpc) is 2.37. The van der Waals surface area contributed by atoms with Crippen LogP contribution in [0.15, 0.2) is 36.4 Å². The summed E-state index contributed by atoms with van der Waals surface area (Å²) in [4.78, 5) is 22.3. The van der Waals surface area contributed by atoms with Crippen LogP contribution in [0, 0.1) is 10.1 Å². The number of non-ortho nitro benzene ring substituents is 1. The highest BCUT2D eigenvalue weighted by atomic mass is 35.5. The summed E-state index contributed by atoms with van der Waals surface area (Å²) >= 11 is 11.7. The zero-order valence-electron chi connectivity index (χ0n) is 10.5. The highest BCUT2D eigenvalue weighted by molar-refractivity contribution is 6.35. The highest BCUT2D eigenvalue weighted by Crippen LogP contribution is 2.25. The third-order valence-electron chi connectivity index (χ3n) is 2.61. The number of carbonyl (C=O) groups excluding carboxylic acids is 1. The molecule has 0 aromatic heterocycles. The van der Waals surface area contributed by atoms with Gasteiger partial charge in [-0.05, 0) is 24.3 Å². The number of rotatable bonds is 3. The molecule has 0 aliphatic rings. The predicted octanol–water partition coefficient (Wildman–Crippen LogP) is 3.74. The second-order valence-corrected chi connectivity index (χ2v) is 5.01. The van der Waals surface area contributed by atoms with Crippen LogP contribution < -0.4 is 11.1 Å². The Hall–Kier alpha value is -2.31. The highest BCUT2D eigenvalue weighted by Gasteiger charge is 2.15. The number of nitro benzene ring substituents is 1. The van der Waals surface area contributed by atoms with E-state index >= 15 is 0 Å². The van der Waals surface area contributed by atoms with Gasteiger partial charge >= 0.3 is 0 Å². The summed E-state index contributed by atoms with van der Waals surface area (Å²) in [7, 11) is 0. The largest absolute Gasteiger partial charge is 0.398 e. The van der Waals surface area contributed by atoms with E-state index in [-0.39, 0.29) is 16.9 Å². The number of hydrogen-bond acceptors (Lipinski definition) is 4. The quantitative estimate of drug-likeness (QED) is 0.510. The summed E-state index contributed by atoms with van der Waals surface area (Å²) in [5.41, 5.74) is 5.94. The molecule has 8 heteroatoms. The molecule has 0 bridgehead atoms. The number of nitrogen functional groups attached to an aromatic ring is 1. The van der Waals surface area contributed by atoms with E-state index in [1.54, 1.807) is 0 Å². The molecule has 0 unspecified atom stereocenters. The Labute approximate surface area is 129 Å². The fraction of sp³-hybridized carbons (Fsp3) is 0. The van der Waals surface area contributed by atoms with Gasteiger partial charge in [0.2, 0.25) is 0 Å². The number of anilines is 2. The fourth-order valence-electron chi connectivity index (χ4n) is 1.68. The SMILES string of the molecule is Nc1ccc([N+](=O)[O-])cc1C(=O)Nc1cc(Cl)cc(Cl)c1. The molecular formula is C13H9Cl2N3O3. The van der Waals surface area contributed by atoms with Crippen LogP contribution in [0.3, 0.4) is 0 Å². The van der Waals surface area contributed by atoms with Crippen molar-refractivity contribution in [1.82, 2.24) is 0 Å². The third kappa shape index (κ3) is 3.62. The first-order chi connectivity index (χ1) is 9.86. The standard InChI is InChI=1S/C13H9Cl2N3O3/c14-7-3-8(15)5-9(4-7)17-13(19)11-6-10(18(20)21)1-2-12(11)16/h1-6H,16H2,(H,17,19). The second kappa shape index (κ2) is 5.99. The van der Waals surface area contributed by atoms with Crippen LogP contribution in [0.1, 0.15) is 10.4 Å². The zero-order valence-corrected chi connectivity index (χ0v) is 12.0. The van der Waals surface area contributed by atoms with Crippen LogP contribution in [-0.4, -0.2) is 10.8 Å². The summed E-state index contributed by atoms with van der Waals surface area (Å²) in [6.45, 7) is 0. The van der Waals surface area contributed by atoms with E-state index in [1.807, 2.05) is 0 Å². The van der Waals surface area contributed by atoms with Gasteiger partial charge in [-0.2, -0.15) is 0 Å². The summed E-state index contributed by atoms with van der Waals surface area (Å²) in [5.74, 6) is -0.588. The van der Waals surface area contributed by atoms with Crippen molar-refractivity contribution in [3.05, 3.63) is 62.1 Å². The van der Waals surface area contributed by atoms with E-state index in [4.69, 9.17) is 28.9 Å². The van der Waals surface area contributed by atoms with Crippen LogP contribution in [0.25, 0.3) is 0 Å². The summed E-state index contributed by atoms with van der Waals surface area (Å²) in [6.07, 6.45) is 0. The lowest BCUT2D eigenvalue weighted by Gasteiger charge is -2.08. The predicted molar refractivity (Wildman–Crippen MR) is 81.9 cm³/mol. The Bertz CT molecular complexity index is 714. The van der Waals surface area contributed by atoms with Crippen molar-refractivity contribution < 1.29 is 9.72 Å². The molecule has 0 aliphatic heterocycles. The number of nitrogens with zero attached hydrogens (tertiary/aromatic N) is 1. The van der Waals surface area contributed by atoms with Gasteiger partial charge in [0.05, 0.1) is 10.5 Å². The van der Waals surface area contributed by atoms with Gasteiger partial charge in [0.15, 0.2) is 0 Å². The number of halogens is 2. The molecule has 108 valence electrons. The molecular weight excluding hydrogens is 317 g/mol. The fourth-order valence-corrected chi connectivity index (χ4v) is 2.20. The van der Waals surface area contributed by atoms with Crippen molar-refractivity contribution in [3.63, 3.8) is 0 Å². The van der Waals surface area contributed by atoms with Crippen LogP contribution in [-0.2, 0) is 0 Å². The number of nitro groups is 1. The summed E-state index contributed by atoms with van der Waals surface area (Å²) in [6, 6.07) is 8.15. The Morgan fingerprint density at radius 3 is 2.33 bits per heavy atom. The second-order valence-electron chi connectivity index (χ2n) is 4.14. The van der Waals surface area contributed by atoms with Gasteiger partial charge in [-0.25, -0.2) is 0 Å². The van der Waals surface area contributed by atoms with Crippen molar-refractivity contribution in [2.45, 2.75) is 0 Å². The molecule has 2 rings (SSSR count). The Morgan fingerprint density at radius 1 is 1.14 bits per heavy atom. The van der Waals surface area contributed by atoms with E-state index in [0.717, 1.165) is 6.07 Å². The molecule has 0 heterocycles. The third-order valence-corrected chi connectivity index (χ3v) is 3.05. The number of benzene rings is 2. The first kappa shape index (κ1) is 15.1. The molecule has 2 aromatic carbocycles. The van der Waals surface area contributed by atoms with E-state index in [2.05, 4.69) is 5.32 Å². The minimum atomic E-state index is -0.605.